The number of benzene rings is 1. The Hall–Kier alpha value is -1.60. The highest BCUT2D eigenvalue weighted by atomic mass is 32.2. The molecule has 0 bridgehead atoms. The molecule has 1 aromatic carbocycles. The van der Waals surface area contributed by atoms with Crippen LogP contribution in [0, 0.1) is 0 Å². The molecule has 0 radical (unpaired) electrons. The van der Waals surface area contributed by atoms with Crippen LogP contribution in [0.15, 0.2) is 24.3 Å². The molecule has 0 aliphatic rings. The summed E-state index contributed by atoms with van der Waals surface area (Å²) in [5.74, 6) is -0.599. The second-order valence-corrected chi connectivity index (χ2v) is 4.66. The fourth-order valence-electron chi connectivity index (χ4n) is 0.910. The molecule has 0 aliphatic carbocycles. The highest BCUT2D eigenvalue weighted by Gasteiger charge is 2.09. The van der Waals surface area contributed by atoms with E-state index in [9.17, 15) is 13.2 Å². The number of rotatable bonds is 3. The maximum Gasteiger partial charge on any atom is 0.268 e. The van der Waals surface area contributed by atoms with Crippen LogP contribution in [0.25, 0.3) is 0 Å². The Bertz CT molecular complexity index is 470. The molecule has 0 unspecified atom stereocenters. The van der Waals surface area contributed by atoms with Gasteiger partial charge in [-0.3, -0.25) is 10.2 Å². The molecule has 0 spiro atoms. The van der Waals surface area contributed by atoms with Crippen molar-refractivity contribution in [2.45, 2.75) is 0 Å². The molecule has 0 heterocycles. The Morgan fingerprint density at radius 2 is 1.93 bits per heavy atom. The van der Waals surface area contributed by atoms with Gasteiger partial charge in [0.2, 0.25) is 10.0 Å². The van der Waals surface area contributed by atoms with Gasteiger partial charge in [0, 0.05) is 5.69 Å². The molecule has 4 N–H and O–H groups in total. The molecule has 1 rings (SSSR count). The quantitative estimate of drug-likeness (QED) is 0.478. The number of carbonyl (C=O) groups excluding carboxylic acids is 1. The third-order valence-corrected chi connectivity index (χ3v) is 2.03. The first-order valence-electron chi connectivity index (χ1n) is 4.02. The van der Waals surface area contributed by atoms with E-state index in [4.69, 9.17) is 5.73 Å². The van der Waals surface area contributed by atoms with Crippen LogP contribution in [-0.4, -0.2) is 20.6 Å². The molecule has 0 aromatic heterocycles. The van der Waals surface area contributed by atoms with Gasteiger partial charge in [0.25, 0.3) is 5.91 Å². The van der Waals surface area contributed by atoms with Crippen molar-refractivity contribution in [1.82, 2.24) is 10.3 Å². The number of carbonyl (C=O) groups is 1. The number of para-hydroxylation sites is 1. The largest absolute Gasteiger partial charge is 0.398 e. The van der Waals surface area contributed by atoms with E-state index in [0.717, 1.165) is 6.26 Å². The molecular formula is C8H11N3O3S. The molecule has 0 aliphatic heterocycles. The smallest absolute Gasteiger partial charge is 0.268 e. The Morgan fingerprint density at radius 1 is 1.33 bits per heavy atom. The Morgan fingerprint density at radius 3 is 2.47 bits per heavy atom. The van der Waals surface area contributed by atoms with Gasteiger partial charge >= 0.3 is 0 Å². The van der Waals surface area contributed by atoms with E-state index in [1.165, 1.54) is 6.07 Å². The van der Waals surface area contributed by atoms with Gasteiger partial charge in [0.1, 0.15) is 0 Å². The number of nitrogens with one attached hydrogen (secondary N) is 2. The Balaban J connectivity index is 2.75. The summed E-state index contributed by atoms with van der Waals surface area (Å²) < 4.78 is 21.4. The summed E-state index contributed by atoms with van der Waals surface area (Å²) in [5, 5.41) is 0. The van der Waals surface area contributed by atoms with Gasteiger partial charge in [-0.05, 0) is 12.1 Å². The van der Waals surface area contributed by atoms with E-state index < -0.39 is 15.9 Å². The number of sulfonamides is 1. The van der Waals surface area contributed by atoms with Crippen LogP contribution in [0.4, 0.5) is 5.69 Å². The summed E-state index contributed by atoms with van der Waals surface area (Å²) in [6.45, 7) is 0. The third-order valence-electron chi connectivity index (χ3n) is 1.56. The number of anilines is 1. The summed E-state index contributed by atoms with van der Waals surface area (Å²) in [7, 11) is -3.46. The van der Waals surface area contributed by atoms with Crippen LogP contribution in [0.3, 0.4) is 0 Å². The first-order valence-corrected chi connectivity index (χ1v) is 5.91. The van der Waals surface area contributed by atoms with E-state index in [1.807, 2.05) is 10.3 Å². The van der Waals surface area contributed by atoms with Crippen molar-refractivity contribution in [2.24, 2.45) is 0 Å². The van der Waals surface area contributed by atoms with E-state index in [0.29, 0.717) is 0 Å². The minimum atomic E-state index is -3.46. The monoisotopic (exact) mass is 229 g/mol. The molecular weight excluding hydrogens is 218 g/mol. The second kappa shape index (κ2) is 4.28. The minimum absolute atomic E-state index is 0.216. The maximum absolute atomic E-state index is 11.4. The first kappa shape index (κ1) is 11.5. The predicted octanol–water partition coefficient (Wildman–Crippen LogP) is -0.537. The molecule has 82 valence electrons. The fourth-order valence-corrected chi connectivity index (χ4v) is 1.19. The van der Waals surface area contributed by atoms with E-state index >= 15 is 0 Å². The van der Waals surface area contributed by atoms with E-state index in [1.54, 1.807) is 18.2 Å². The number of hydrogen-bond acceptors (Lipinski definition) is 4. The molecule has 0 saturated carbocycles. The first-order chi connectivity index (χ1) is 6.90. The van der Waals surface area contributed by atoms with Crippen LogP contribution < -0.4 is 16.0 Å². The third kappa shape index (κ3) is 3.56. The molecule has 0 saturated heterocycles. The number of hydrogen-bond donors (Lipinski definition) is 3. The zero-order valence-electron chi connectivity index (χ0n) is 8.02. The van der Waals surface area contributed by atoms with Crippen molar-refractivity contribution < 1.29 is 13.2 Å². The van der Waals surface area contributed by atoms with Crippen LogP contribution in [-0.2, 0) is 10.0 Å². The lowest BCUT2D eigenvalue weighted by Crippen LogP contribution is -2.41. The van der Waals surface area contributed by atoms with Gasteiger partial charge in [-0.25, -0.2) is 8.42 Å². The van der Waals surface area contributed by atoms with Crippen LogP contribution in [0.2, 0.25) is 0 Å². The fraction of sp³-hybridized carbons (Fsp3) is 0.125. The average Bonchev–Trinajstić information content (AvgIpc) is 2.14. The molecule has 0 fully saturated rings. The van der Waals surface area contributed by atoms with E-state index in [2.05, 4.69) is 0 Å². The lowest BCUT2D eigenvalue weighted by Gasteiger charge is -2.06. The molecule has 0 atom stereocenters. The van der Waals surface area contributed by atoms with Crippen LogP contribution >= 0.6 is 0 Å². The van der Waals surface area contributed by atoms with Crippen molar-refractivity contribution in [3.8, 4) is 0 Å². The Kier molecular flexibility index (Phi) is 3.28. The number of hydrazine groups is 1. The van der Waals surface area contributed by atoms with Gasteiger partial charge in [-0.1, -0.05) is 12.1 Å². The Labute approximate surface area is 87.5 Å². The molecule has 1 amide bonds. The highest BCUT2D eigenvalue weighted by Crippen LogP contribution is 2.09. The van der Waals surface area contributed by atoms with Gasteiger partial charge < -0.3 is 5.73 Å². The normalized spacial score (nSPS) is 11.0. The number of amides is 1. The van der Waals surface area contributed by atoms with Gasteiger partial charge in [0.15, 0.2) is 0 Å². The maximum atomic E-state index is 11.4. The standard InChI is InChI=1S/C8H11N3O3S/c1-15(13,14)11-10-8(12)6-4-2-3-5-7(6)9/h2-5,11H,9H2,1H3,(H,10,12). The second-order valence-electron chi connectivity index (χ2n) is 2.92. The molecule has 1 aromatic rings. The molecule has 6 nitrogen and oxygen atoms in total. The van der Waals surface area contributed by atoms with Crippen molar-refractivity contribution in [3.63, 3.8) is 0 Å². The molecule has 15 heavy (non-hydrogen) atoms. The number of nitrogens with two attached hydrogens (primary N) is 1. The summed E-state index contributed by atoms with van der Waals surface area (Å²) in [6, 6.07) is 6.35. The zero-order valence-corrected chi connectivity index (χ0v) is 8.84. The number of nitrogen functional groups attached to an aromatic ring is 1. The highest BCUT2D eigenvalue weighted by molar-refractivity contribution is 7.88. The van der Waals surface area contributed by atoms with Crippen molar-refractivity contribution in [3.05, 3.63) is 29.8 Å². The lowest BCUT2D eigenvalue weighted by molar-refractivity contribution is 0.0946. The van der Waals surface area contributed by atoms with E-state index in [-0.39, 0.29) is 11.3 Å². The summed E-state index contributed by atoms with van der Waals surface area (Å²) >= 11 is 0. The topological polar surface area (TPSA) is 101 Å². The van der Waals surface area contributed by atoms with Crippen molar-refractivity contribution in [1.29, 1.82) is 0 Å². The minimum Gasteiger partial charge on any atom is -0.398 e. The summed E-state index contributed by atoms with van der Waals surface area (Å²) in [6.07, 6.45) is 0.932. The van der Waals surface area contributed by atoms with Crippen LogP contribution in [0.5, 0.6) is 0 Å². The SMILES string of the molecule is CS(=O)(=O)NNC(=O)c1ccccc1N. The summed E-state index contributed by atoms with van der Waals surface area (Å²) in [5.41, 5.74) is 8.04. The van der Waals surface area contributed by atoms with Crippen molar-refractivity contribution >= 4 is 21.6 Å². The zero-order chi connectivity index (χ0) is 11.5. The van der Waals surface area contributed by atoms with Crippen molar-refractivity contribution in [2.75, 3.05) is 12.0 Å². The lowest BCUT2D eigenvalue weighted by atomic mass is 10.2. The average molecular weight is 229 g/mol. The van der Waals surface area contributed by atoms with Crippen LogP contribution in [0.1, 0.15) is 10.4 Å². The van der Waals surface area contributed by atoms with Gasteiger partial charge in [-0.2, -0.15) is 0 Å². The van der Waals surface area contributed by atoms with Gasteiger partial charge in [-0.15, -0.1) is 4.83 Å². The van der Waals surface area contributed by atoms with Gasteiger partial charge in [0.05, 0.1) is 11.8 Å². The molecule has 7 heteroatoms. The summed E-state index contributed by atoms with van der Waals surface area (Å²) in [4.78, 5) is 13.3. The predicted molar refractivity (Wildman–Crippen MR) is 56.3 cm³/mol.